The number of aromatic nitrogens is 1. The maximum Gasteiger partial charge on any atom is 0.152 e. The molecule has 0 saturated carbocycles. The highest BCUT2D eigenvalue weighted by molar-refractivity contribution is 6.30. The lowest BCUT2D eigenvalue weighted by Gasteiger charge is -1.99. The normalized spacial score (nSPS) is 10.9. The van der Waals surface area contributed by atoms with Crippen LogP contribution in [0.1, 0.15) is 15.9 Å². The van der Waals surface area contributed by atoms with Crippen molar-refractivity contribution in [3.8, 4) is 11.3 Å². The first-order valence-electron chi connectivity index (χ1n) is 6.13. The second-order valence-corrected chi connectivity index (χ2v) is 5.14. The van der Waals surface area contributed by atoms with Crippen molar-refractivity contribution in [1.29, 1.82) is 0 Å². The lowest BCUT2D eigenvalue weighted by Crippen LogP contribution is -1.84. The SMILES string of the molecule is Cc1cc(F)c2[nH]c(-c3ccc(Cl)cc3)c(C=O)c2c1. The van der Waals surface area contributed by atoms with E-state index in [1.807, 2.05) is 0 Å². The summed E-state index contributed by atoms with van der Waals surface area (Å²) in [6, 6.07) is 10.3. The van der Waals surface area contributed by atoms with Crippen LogP contribution >= 0.6 is 11.6 Å². The van der Waals surface area contributed by atoms with Gasteiger partial charge in [0.1, 0.15) is 5.82 Å². The fraction of sp³-hybridized carbons (Fsp3) is 0.0625. The zero-order chi connectivity index (χ0) is 14.3. The highest BCUT2D eigenvalue weighted by atomic mass is 35.5. The molecule has 0 radical (unpaired) electrons. The molecule has 4 heteroatoms. The second kappa shape index (κ2) is 4.76. The van der Waals surface area contributed by atoms with Crippen molar-refractivity contribution >= 4 is 28.8 Å². The zero-order valence-electron chi connectivity index (χ0n) is 10.7. The minimum atomic E-state index is -0.358. The van der Waals surface area contributed by atoms with Crippen LogP contribution in [-0.4, -0.2) is 11.3 Å². The molecule has 0 aliphatic heterocycles. The molecular formula is C16H11ClFNO. The number of aryl methyl sites for hydroxylation is 1. The number of aromatic amines is 1. The number of carbonyl (C=O) groups excluding carboxylic acids is 1. The number of nitrogens with one attached hydrogen (secondary N) is 1. The third-order valence-corrected chi connectivity index (χ3v) is 3.55. The summed E-state index contributed by atoms with van der Waals surface area (Å²) in [5.41, 5.74) is 2.99. The van der Waals surface area contributed by atoms with E-state index in [4.69, 9.17) is 11.6 Å². The number of fused-ring (bicyclic) bond motifs is 1. The Labute approximate surface area is 120 Å². The Morgan fingerprint density at radius 1 is 1.20 bits per heavy atom. The molecule has 3 rings (SSSR count). The third-order valence-electron chi connectivity index (χ3n) is 3.29. The molecule has 0 atom stereocenters. The summed E-state index contributed by atoms with van der Waals surface area (Å²) in [4.78, 5) is 14.4. The number of carbonyl (C=O) groups is 1. The van der Waals surface area contributed by atoms with Crippen molar-refractivity contribution in [1.82, 2.24) is 4.98 Å². The van der Waals surface area contributed by atoms with E-state index >= 15 is 0 Å². The number of hydrogen-bond acceptors (Lipinski definition) is 1. The second-order valence-electron chi connectivity index (χ2n) is 4.71. The lowest BCUT2D eigenvalue weighted by molar-refractivity contribution is 0.112. The highest BCUT2D eigenvalue weighted by Gasteiger charge is 2.15. The van der Waals surface area contributed by atoms with Crippen LogP contribution in [-0.2, 0) is 0 Å². The molecule has 1 aromatic heterocycles. The van der Waals surface area contributed by atoms with Gasteiger partial charge in [0.25, 0.3) is 0 Å². The summed E-state index contributed by atoms with van der Waals surface area (Å²) < 4.78 is 14.0. The van der Waals surface area contributed by atoms with Crippen molar-refractivity contribution in [2.24, 2.45) is 0 Å². The number of hydrogen-bond donors (Lipinski definition) is 1. The maximum atomic E-state index is 14.0. The van der Waals surface area contributed by atoms with Crippen molar-refractivity contribution in [3.63, 3.8) is 0 Å². The van der Waals surface area contributed by atoms with Gasteiger partial charge in [-0.05, 0) is 42.3 Å². The van der Waals surface area contributed by atoms with Gasteiger partial charge in [-0.25, -0.2) is 4.39 Å². The topological polar surface area (TPSA) is 32.9 Å². The van der Waals surface area contributed by atoms with E-state index in [0.29, 0.717) is 27.2 Å². The summed E-state index contributed by atoms with van der Waals surface area (Å²) in [7, 11) is 0. The molecule has 3 aromatic rings. The van der Waals surface area contributed by atoms with Crippen LogP contribution in [0.3, 0.4) is 0 Å². The fourth-order valence-electron chi connectivity index (χ4n) is 2.38. The summed E-state index contributed by atoms with van der Waals surface area (Å²) in [6.07, 6.45) is 0.752. The molecule has 0 bridgehead atoms. The molecule has 20 heavy (non-hydrogen) atoms. The van der Waals surface area contributed by atoms with Gasteiger partial charge in [-0.15, -0.1) is 0 Å². The predicted molar refractivity (Wildman–Crippen MR) is 78.8 cm³/mol. The molecule has 100 valence electrons. The van der Waals surface area contributed by atoms with E-state index < -0.39 is 0 Å². The molecule has 1 heterocycles. The van der Waals surface area contributed by atoms with Crippen molar-refractivity contribution in [2.75, 3.05) is 0 Å². The monoisotopic (exact) mass is 287 g/mol. The Kier molecular flexibility index (Phi) is 3.07. The van der Waals surface area contributed by atoms with Crippen LogP contribution in [0.5, 0.6) is 0 Å². The Bertz CT molecular complexity index is 805. The van der Waals surface area contributed by atoms with Crippen molar-refractivity contribution < 1.29 is 9.18 Å². The summed E-state index contributed by atoms with van der Waals surface area (Å²) in [5.74, 6) is -0.358. The Morgan fingerprint density at radius 3 is 2.55 bits per heavy atom. The van der Waals surface area contributed by atoms with Gasteiger partial charge in [0.15, 0.2) is 6.29 Å². The number of aldehydes is 1. The van der Waals surface area contributed by atoms with Gasteiger partial charge in [-0.1, -0.05) is 23.7 Å². The van der Waals surface area contributed by atoms with E-state index in [1.54, 1.807) is 37.3 Å². The number of halogens is 2. The van der Waals surface area contributed by atoms with E-state index in [2.05, 4.69) is 4.98 Å². The first kappa shape index (κ1) is 12.9. The van der Waals surface area contributed by atoms with E-state index in [0.717, 1.165) is 17.4 Å². The van der Waals surface area contributed by atoms with Gasteiger partial charge < -0.3 is 4.98 Å². The Balaban J connectivity index is 2.33. The smallest absolute Gasteiger partial charge is 0.152 e. The predicted octanol–water partition coefficient (Wildman–Crippen LogP) is 4.75. The number of rotatable bonds is 2. The van der Waals surface area contributed by atoms with Gasteiger partial charge in [-0.2, -0.15) is 0 Å². The van der Waals surface area contributed by atoms with E-state index in [-0.39, 0.29) is 5.82 Å². The summed E-state index contributed by atoms with van der Waals surface area (Å²) in [5, 5.41) is 1.21. The van der Waals surface area contributed by atoms with Crippen molar-refractivity contribution in [3.05, 3.63) is 58.4 Å². The molecular weight excluding hydrogens is 277 g/mol. The van der Waals surface area contributed by atoms with Gasteiger partial charge in [0.05, 0.1) is 11.2 Å². The number of H-pyrrole nitrogens is 1. The Morgan fingerprint density at radius 2 is 1.90 bits per heavy atom. The van der Waals surface area contributed by atoms with Crippen molar-refractivity contribution in [2.45, 2.75) is 6.92 Å². The highest BCUT2D eigenvalue weighted by Crippen LogP contribution is 2.31. The quantitative estimate of drug-likeness (QED) is 0.678. The molecule has 0 aliphatic rings. The average Bonchev–Trinajstić information content (AvgIpc) is 2.78. The van der Waals surface area contributed by atoms with Gasteiger partial charge >= 0.3 is 0 Å². The van der Waals surface area contributed by atoms with Gasteiger partial charge in [-0.3, -0.25) is 4.79 Å². The summed E-state index contributed by atoms with van der Waals surface area (Å²) in [6.45, 7) is 1.80. The Hall–Kier alpha value is -2.13. The largest absolute Gasteiger partial charge is 0.352 e. The van der Waals surface area contributed by atoms with Crippen LogP contribution in [0.4, 0.5) is 4.39 Å². The van der Waals surface area contributed by atoms with Gasteiger partial charge in [0, 0.05) is 16.0 Å². The van der Waals surface area contributed by atoms with Gasteiger partial charge in [0.2, 0.25) is 0 Å². The molecule has 0 amide bonds. The average molecular weight is 288 g/mol. The molecule has 0 spiro atoms. The molecule has 0 unspecified atom stereocenters. The van der Waals surface area contributed by atoms with E-state index in [1.165, 1.54) is 6.07 Å². The first-order valence-corrected chi connectivity index (χ1v) is 6.51. The van der Waals surface area contributed by atoms with Crippen LogP contribution in [0, 0.1) is 12.7 Å². The zero-order valence-corrected chi connectivity index (χ0v) is 11.5. The standard InChI is InChI=1S/C16H11ClFNO/c1-9-6-12-13(8-20)15(19-16(12)14(18)7-9)10-2-4-11(17)5-3-10/h2-8,19H,1H3. The summed E-state index contributed by atoms with van der Waals surface area (Å²) >= 11 is 5.86. The van der Waals surface area contributed by atoms with Crippen LogP contribution in [0.15, 0.2) is 36.4 Å². The minimum Gasteiger partial charge on any atom is -0.352 e. The molecule has 2 nitrogen and oxygen atoms in total. The van der Waals surface area contributed by atoms with Crippen LogP contribution < -0.4 is 0 Å². The minimum absolute atomic E-state index is 0.350. The molecule has 0 aliphatic carbocycles. The number of benzene rings is 2. The fourth-order valence-corrected chi connectivity index (χ4v) is 2.50. The van der Waals surface area contributed by atoms with E-state index in [9.17, 15) is 9.18 Å². The lowest BCUT2D eigenvalue weighted by atomic mass is 10.1. The third kappa shape index (κ3) is 2.00. The van der Waals surface area contributed by atoms with Crippen LogP contribution in [0.25, 0.3) is 22.2 Å². The molecule has 0 saturated heterocycles. The van der Waals surface area contributed by atoms with Crippen LogP contribution in [0.2, 0.25) is 5.02 Å². The molecule has 2 aromatic carbocycles. The maximum absolute atomic E-state index is 14.0. The first-order chi connectivity index (χ1) is 9.60. The molecule has 0 fully saturated rings. The molecule has 1 N–H and O–H groups in total.